The van der Waals surface area contributed by atoms with Gasteiger partial charge in [-0.3, -0.25) is 0 Å². The zero-order valence-corrected chi connectivity index (χ0v) is 17.7. The summed E-state index contributed by atoms with van der Waals surface area (Å²) >= 11 is 0. The van der Waals surface area contributed by atoms with Crippen LogP contribution in [0.4, 0.5) is 0 Å². The topological polar surface area (TPSA) is 107 Å². The number of para-hydroxylation sites is 1. The van der Waals surface area contributed by atoms with Gasteiger partial charge in [0.15, 0.2) is 11.5 Å². The summed E-state index contributed by atoms with van der Waals surface area (Å²) in [5, 5.41) is 39.2. The van der Waals surface area contributed by atoms with Gasteiger partial charge in [0.1, 0.15) is 17.1 Å². The molecule has 0 radical (unpaired) electrons. The molecule has 4 N–H and O–H groups in total. The SMILES string of the molecule is CCCc1c(OCCCCCC(CC)c2cccc(O)c2O)ccc(C(=O)O)c1O. The van der Waals surface area contributed by atoms with Crippen LogP contribution in [0, 0.1) is 0 Å². The number of aromatic carboxylic acids is 1. The van der Waals surface area contributed by atoms with Crippen LogP contribution in [-0.4, -0.2) is 33.0 Å². The van der Waals surface area contributed by atoms with E-state index in [1.807, 2.05) is 13.0 Å². The van der Waals surface area contributed by atoms with Gasteiger partial charge < -0.3 is 25.2 Å². The van der Waals surface area contributed by atoms with Crippen LogP contribution < -0.4 is 4.74 Å². The molecule has 0 fully saturated rings. The predicted octanol–water partition coefficient (Wildman–Crippen LogP) is 5.59. The van der Waals surface area contributed by atoms with Gasteiger partial charge in [0, 0.05) is 11.1 Å². The van der Waals surface area contributed by atoms with E-state index in [2.05, 4.69) is 6.92 Å². The average Bonchev–Trinajstić information content (AvgIpc) is 2.72. The standard InChI is InChI=1S/C24H32O6/c1-3-9-18-21(14-13-19(22(18)26)24(28)29)30-15-7-5-6-10-16(4-2)17-11-8-12-20(25)23(17)27/h8,11-14,16,25-27H,3-7,9-10,15H2,1-2H3,(H,28,29). The molecule has 6 nitrogen and oxygen atoms in total. The van der Waals surface area contributed by atoms with Crippen molar-refractivity contribution in [1.29, 1.82) is 0 Å². The Morgan fingerprint density at radius 3 is 2.43 bits per heavy atom. The molecule has 0 aliphatic heterocycles. The smallest absolute Gasteiger partial charge is 0.339 e. The number of rotatable bonds is 12. The van der Waals surface area contributed by atoms with Crippen LogP contribution in [0.5, 0.6) is 23.0 Å². The third-order valence-corrected chi connectivity index (χ3v) is 5.40. The summed E-state index contributed by atoms with van der Waals surface area (Å²) in [6, 6.07) is 8.08. The molecule has 164 valence electrons. The van der Waals surface area contributed by atoms with E-state index in [1.165, 1.54) is 12.1 Å². The average molecular weight is 417 g/mol. The van der Waals surface area contributed by atoms with Crippen LogP contribution in [0.1, 0.15) is 79.8 Å². The molecule has 2 aromatic rings. The number of aromatic hydroxyl groups is 3. The number of carboxylic acids is 1. The number of phenols is 3. The first-order valence-electron chi connectivity index (χ1n) is 10.6. The first-order chi connectivity index (χ1) is 14.4. The van der Waals surface area contributed by atoms with E-state index >= 15 is 0 Å². The molecule has 0 heterocycles. The number of hydrogen-bond donors (Lipinski definition) is 4. The quantitative estimate of drug-likeness (QED) is 0.265. The number of ether oxygens (including phenoxy) is 1. The van der Waals surface area contributed by atoms with Gasteiger partial charge in [-0.05, 0) is 49.8 Å². The van der Waals surface area contributed by atoms with Crippen LogP contribution in [0.25, 0.3) is 0 Å². The molecular weight excluding hydrogens is 384 g/mol. The molecule has 30 heavy (non-hydrogen) atoms. The number of hydrogen-bond acceptors (Lipinski definition) is 5. The number of carboxylic acid groups (broad SMARTS) is 1. The number of unbranched alkanes of at least 4 members (excludes halogenated alkanes) is 2. The predicted molar refractivity (Wildman–Crippen MR) is 116 cm³/mol. The Kier molecular flexibility index (Phi) is 8.84. The summed E-state index contributed by atoms with van der Waals surface area (Å²) < 4.78 is 5.83. The van der Waals surface area contributed by atoms with Crippen LogP contribution in [0.3, 0.4) is 0 Å². The molecule has 6 heteroatoms. The Morgan fingerprint density at radius 2 is 1.77 bits per heavy atom. The van der Waals surface area contributed by atoms with Crippen LogP contribution >= 0.6 is 0 Å². The zero-order valence-electron chi connectivity index (χ0n) is 17.7. The first-order valence-corrected chi connectivity index (χ1v) is 10.6. The molecule has 0 aliphatic carbocycles. The Labute approximate surface area is 177 Å². The minimum Gasteiger partial charge on any atom is -0.507 e. The summed E-state index contributed by atoms with van der Waals surface area (Å²) in [5.41, 5.74) is 1.22. The van der Waals surface area contributed by atoms with Crippen molar-refractivity contribution in [2.45, 2.75) is 64.7 Å². The van der Waals surface area contributed by atoms with Crippen molar-refractivity contribution in [1.82, 2.24) is 0 Å². The highest BCUT2D eigenvalue weighted by molar-refractivity contribution is 5.91. The Bertz CT molecular complexity index is 846. The molecule has 0 amide bonds. The van der Waals surface area contributed by atoms with Crippen molar-refractivity contribution in [2.75, 3.05) is 6.61 Å². The van der Waals surface area contributed by atoms with Gasteiger partial charge in [0.05, 0.1) is 6.61 Å². The minimum atomic E-state index is -1.15. The van der Waals surface area contributed by atoms with E-state index in [4.69, 9.17) is 4.74 Å². The second-order valence-corrected chi connectivity index (χ2v) is 7.51. The van der Waals surface area contributed by atoms with Crippen molar-refractivity contribution in [2.24, 2.45) is 0 Å². The molecule has 1 unspecified atom stereocenters. The number of carbonyl (C=O) groups is 1. The normalized spacial score (nSPS) is 11.9. The van der Waals surface area contributed by atoms with Gasteiger partial charge in [0.25, 0.3) is 0 Å². The lowest BCUT2D eigenvalue weighted by Crippen LogP contribution is -2.05. The first kappa shape index (κ1) is 23.4. The van der Waals surface area contributed by atoms with Gasteiger partial charge in [-0.15, -0.1) is 0 Å². The Balaban J connectivity index is 1.86. The van der Waals surface area contributed by atoms with Gasteiger partial charge in [-0.2, -0.15) is 0 Å². The Morgan fingerprint density at radius 1 is 1.00 bits per heavy atom. The monoisotopic (exact) mass is 416 g/mol. The van der Waals surface area contributed by atoms with E-state index in [0.717, 1.165) is 44.1 Å². The summed E-state index contributed by atoms with van der Waals surface area (Å²) in [6.07, 6.45) is 5.84. The molecule has 0 aromatic heterocycles. The van der Waals surface area contributed by atoms with Gasteiger partial charge in [0.2, 0.25) is 0 Å². The highest BCUT2D eigenvalue weighted by Gasteiger charge is 2.18. The fourth-order valence-electron chi connectivity index (χ4n) is 3.73. The lowest BCUT2D eigenvalue weighted by Gasteiger charge is -2.17. The Hall–Kier alpha value is -2.89. The van der Waals surface area contributed by atoms with E-state index in [-0.39, 0.29) is 28.7 Å². The van der Waals surface area contributed by atoms with Crippen molar-refractivity contribution in [3.05, 3.63) is 47.0 Å². The maximum atomic E-state index is 11.2. The fraction of sp³-hybridized carbons (Fsp3) is 0.458. The number of phenolic OH excluding ortho intramolecular Hbond substituents is 2. The van der Waals surface area contributed by atoms with E-state index in [9.17, 15) is 25.2 Å². The summed E-state index contributed by atoms with van der Waals surface area (Å²) in [6.45, 7) is 4.52. The second-order valence-electron chi connectivity index (χ2n) is 7.51. The van der Waals surface area contributed by atoms with Gasteiger partial charge >= 0.3 is 5.97 Å². The van der Waals surface area contributed by atoms with Gasteiger partial charge in [-0.1, -0.05) is 45.2 Å². The van der Waals surface area contributed by atoms with Gasteiger partial charge in [-0.25, -0.2) is 4.79 Å². The zero-order chi connectivity index (χ0) is 22.1. The third-order valence-electron chi connectivity index (χ3n) is 5.40. The highest BCUT2D eigenvalue weighted by atomic mass is 16.5. The molecule has 0 spiro atoms. The maximum Gasteiger partial charge on any atom is 0.339 e. The lowest BCUT2D eigenvalue weighted by atomic mass is 9.90. The highest BCUT2D eigenvalue weighted by Crippen LogP contribution is 2.37. The van der Waals surface area contributed by atoms with Crippen LogP contribution in [-0.2, 0) is 6.42 Å². The summed E-state index contributed by atoms with van der Waals surface area (Å²) in [4.78, 5) is 11.2. The van der Waals surface area contributed by atoms with E-state index < -0.39 is 5.97 Å². The fourth-order valence-corrected chi connectivity index (χ4v) is 3.73. The number of benzene rings is 2. The third kappa shape index (κ3) is 5.81. The summed E-state index contributed by atoms with van der Waals surface area (Å²) in [5.74, 6) is -0.747. The van der Waals surface area contributed by atoms with Crippen molar-refractivity contribution in [3.63, 3.8) is 0 Å². The lowest BCUT2D eigenvalue weighted by molar-refractivity contribution is 0.0693. The second kappa shape index (κ2) is 11.3. The molecule has 2 aromatic carbocycles. The molecular formula is C24H32O6. The largest absolute Gasteiger partial charge is 0.507 e. The molecule has 0 bridgehead atoms. The van der Waals surface area contributed by atoms with E-state index in [1.54, 1.807) is 12.1 Å². The van der Waals surface area contributed by atoms with Crippen molar-refractivity contribution >= 4 is 5.97 Å². The molecule has 0 aliphatic rings. The van der Waals surface area contributed by atoms with Crippen LogP contribution in [0.15, 0.2) is 30.3 Å². The maximum absolute atomic E-state index is 11.2. The van der Waals surface area contributed by atoms with Crippen LogP contribution in [0.2, 0.25) is 0 Å². The molecule has 0 saturated carbocycles. The molecule has 1 atom stereocenters. The molecule has 2 rings (SSSR count). The van der Waals surface area contributed by atoms with Crippen molar-refractivity contribution in [3.8, 4) is 23.0 Å². The van der Waals surface area contributed by atoms with Crippen molar-refractivity contribution < 1.29 is 30.0 Å². The minimum absolute atomic E-state index is 0.0271. The van der Waals surface area contributed by atoms with E-state index in [0.29, 0.717) is 24.3 Å². The summed E-state index contributed by atoms with van der Waals surface area (Å²) in [7, 11) is 0. The molecule has 0 saturated heterocycles.